The molecular weight excluding hydrogens is 324 g/mol. The van der Waals surface area contributed by atoms with Gasteiger partial charge in [0.15, 0.2) is 5.15 Å². The van der Waals surface area contributed by atoms with Gasteiger partial charge in [0.25, 0.3) is 0 Å². The molecule has 4 rings (SSSR count). The van der Waals surface area contributed by atoms with E-state index < -0.39 is 0 Å². The number of H-pyrrole nitrogens is 1. The molecule has 0 fully saturated rings. The Hall–Kier alpha value is -2.99. The van der Waals surface area contributed by atoms with Crippen LogP contribution in [0.4, 0.5) is 11.6 Å². The average Bonchev–Trinajstić information content (AvgIpc) is 3.12. The fourth-order valence-electron chi connectivity index (χ4n) is 2.50. The monoisotopic (exact) mass is 336 g/mol. The Morgan fingerprint density at radius 3 is 2.79 bits per heavy atom. The maximum Gasteiger partial charge on any atom is 0.227 e. The first-order valence-electron chi connectivity index (χ1n) is 7.35. The fraction of sp³-hybridized carbons (Fsp3) is 0.0588. The lowest BCUT2D eigenvalue weighted by molar-refractivity contribution is 1.09. The van der Waals surface area contributed by atoms with Crippen LogP contribution < -0.4 is 5.32 Å². The Labute approximate surface area is 143 Å². The van der Waals surface area contributed by atoms with Crippen molar-refractivity contribution < 1.29 is 0 Å². The third-order valence-corrected chi connectivity index (χ3v) is 4.04. The molecule has 0 spiro atoms. The number of pyridine rings is 1. The molecule has 3 heterocycles. The molecule has 0 unspecified atom stereocenters. The number of nitrogens with zero attached hydrogens (tertiary/aromatic N) is 4. The van der Waals surface area contributed by atoms with Crippen molar-refractivity contribution in [2.75, 3.05) is 5.32 Å². The lowest BCUT2D eigenvalue weighted by Gasteiger charge is -2.10. The van der Waals surface area contributed by atoms with Gasteiger partial charge in [0.05, 0.1) is 6.20 Å². The first-order valence-corrected chi connectivity index (χ1v) is 7.72. The van der Waals surface area contributed by atoms with Crippen LogP contribution in [0.3, 0.4) is 0 Å². The number of aryl methyl sites for hydroxylation is 1. The van der Waals surface area contributed by atoms with E-state index in [1.54, 1.807) is 18.6 Å². The van der Waals surface area contributed by atoms with Crippen LogP contribution in [0.15, 0.2) is 49.1 Å². The van der Waals surface area contributed by atoms with Gasteiger partial charge in [-0.05, 0) is 36.2 Å². The Kier molecular flexibility index (Phi) is 3.59. The van der Waals surface area contributed by atoms with E-state index in [0.717, 1.165) is 27.8 Å². The van der Waals surface area contributed by atoms with Crippen molar-refractivity contribution in [2.24, 2.45) is 0 Å². The van der Waals surface area contributed by atoms with E-state index in [0.29, 0.717) is 16.6 Å². The molecule has 118 valence electrons. The molecule has 3 aromatic heterocycles. The SMILES string of the molecule is Cc1cc(-c2cn[nH]c2)ccc1Nc1ncc2ccnc(Cl)c2n1. The molecule has 2 N–H and O–H groups in total. The van der Waals surface area contributed by atoms with Crippen LogP contribution >= 0.6 is 11.6 Å². The van der Waals surface area contributed by atoms with Crippen LogP contribution in [-0.4, -0.2) is 25.1 Å². The first-order chi connectivity index (χ1) is 11.7. The Bertz CT molecular complexity index is 1010. The van der Waals surface area contributed by atoms with Crippen molar-refractivity contribution in [1.82, 2.24) is 25.1 Å². The van der Waals surface area contributed by atoms with E-state index >= 15 is 0 Å². The summed E-state index contributed by atoms with van der Waals surface area (Å²) in [6.07, 6.45) is 7.03. The van der Waals surface area contributed by atoms with Crippen molar-refractivity contribution in [1.29, 1.82) is 0 Å². The molecule has 24 heavy (non-hydrogen) atoms. The molecule has 0 amide bonds. The Balaban J connectivity index is 1.67. The maximum atomic E-state index is 6.10. The molecule has 0 saturated carbocycles. The smallest absolute Gasteiger partial charge is 0.227 e. The average molecular weight is 337 g/mol. The van der Waals surface area contributed by atoms with Gasteiger partial charge in [0.2, 0.25) is 5.95 Å². The first kappa shape index (κ1) is 14.6. The number of rotatable bonds is 3. The fourth-order valence-corrected chi connectivity index (χ4v) is 2.70. The normalized spacial score (nSPS) is 10.9. The summed E-state index contributed by atoms with van der Waals surface area (Å²) in [6.45, 7) is 2.03. The molecule has 7 heteroatoms. The molecule has 0 aliphatic carbocycles. The van der Waals surface area contributed by atoms with Gasteiger partial charge in [0.1, 0.15) is 5.52 Å². The van der Waals surface area contributed by atoms with Gasteiger partial charge in [-0.2, -0.15) is 5.10 Å². The second-order valence-electron chi connectivity index (χ2n) is 5.37. The summed E-state index contributed by atoms with van der Waals surface area (Å²) in [6, 6.07) is 7.94. The number of aromatic nitrogens is 5. The van der Waals surface area contributed by atoms with Crippen molar-refractivity contribution in [3.63, 3.8) is 0 Å². The van der Waals surface area contributed by atoms with Crippen molar-refractivity contribution in [3.05, 3.63) is 59.8 Å². The van der Waals surface area contributed by atoms with Crippen LogP contribution in [0.2, 0.25) is 5.15 Å². The van der Waals surface area contributed by atoms with Gasteiger partial charge in [-0.1, -0.05) is 17.7 Å². The van der Waals surface area contributed by atoms with E-state index in [4.69, 9.17) is 11.6 Å². The molecule has 0 bridgehead atoms. The number of halogens is 1. The molecule has 0 radical (unpaired) electrons. The predicted octanol–water partition coefficient (Wildman–Crippen LogP) is 4.12. The molecular formula is C17H13ClN6. The largest absolute Gasteiger partial charge is 0.324 e. The number of hydrogen-bond donors (Lipinski definition) is 2. The van der Waals surface area contributed by atoms with Gasteiger partial charge in [-0.3, -0.25) is 5.10 Å². The number of aromatic amines is 1. The van der Waals surface area contributed by atoms with Crippen molar-refractivity contribution in [2.45, 2.75) is 6.92 Å². The number of fused-ring (bicyclic) bond motifs is 1. The van der Waals surface area contributed by atoms with Crippen molar-refractivity contribution >= 4 is 34.1 Å². The molecule has 0 aliphatic rings. The van der Waals surface area contributed by atoms with E-state index in [1.807, 2.05) is 31.3 Å². The highest BCUT2D eigenvalue weighted by molar-refractivity contribution is 6.33. The number of benzene rings is 1. The topological polar surface area (TPSA) is 79.4 Å². The second kappa shape index (κ2) is 5.90. The summed E-state index contributed by atoms with van der Waals surface area (Å²) < 4.78 is 0. The molecule has 0 saturated heterocycles. The van der Waals surface area contributed by atoms with Gasteiger partial charge in [0, 0.05) is 35.2 Å². The molecule has 6 nitrogen and oxygen atoms in total. The third kappa shape index (κ3) is 2.68. The molecule has 0 aliphatic heterocycles. The van der Waals surface area contributed by atoms with Crippen LogP contribution in [0, 0.1) is 6.92 Å². The van der Waals surface area contributed by atoms with Crippen LogP contribution in [-0.2, 0) is 0 Å². The van der Waals surface area contributed by atoms with Crippen LogP contribution in [0.1, 0.15) is 5.56 Å². The zero-order valence-corrected chi connectivity index (χ0v) is 13.5. The molecule has 4 aromatic rings. The van der Waals surface area contributed by atoms with Gasteiger partial charge in [-0.15, -0.1) is 0 Å². The zero-order valence-electron chi connectivity index (χ0n) is 12.8. The summed E-state index contributed by atoms with van der Waals surface area (Å²) in [5, 5.41) is 11.2. The summed E-state index contributed by atoms with van der Waals surface area (Å²) in [5.74, 6) is 0.483. The minimum Gasteiger partial charge on any atom is -0.324 e. The minimum atomic E-state index is 0.366. The predicted molar refractivity (Wildman–Crippen MR) is 94.4 cm³/mol. The summed E-state index contributed by atoms with van der Waals surface area (Å²) in [5.41, 5.74) is 4.78. The van der Waals surface area contributed by atoms with Gasteiger partial charge in [-0.25, -0.2) is 15.0 Å². The Morgan fingerprint density at radius 2 is 2.00 bits per heavy atom. The van der Waals surface area contributed by atoms with Crippen LogP contribution in [0.5, 0.6) is 0 Å². The van der Waals surface area contributed by atoms with Gasteiger partial charge >= 0.3 is 0 Å². The quantitative estimate of drug-likeness (QED) is 0.550. The minimum absolute atomic E-state index is 0.366. The third-order valence-electron chi connectivity index (χ3n) is 3.76. The highest BCUT2D eigenvalue weighted by Crippen LogP contribution is 2.26. The van der Waals surface area contributed by atoms with Gasteiger partial charge < -0.3 is 5.32 Å². The summed E-state index contributed by atoms with van der Waals surface area (Å²) in [4.78, 5) is 12.8. The lowest BCUT2D eigenvalue weighted by atomic mass is 10.1. The number of anilines is 2. The Morgan fingerprint density at radius 1 is 1.08 bits per heavy atom. The number of hydrogen-bond acceptors (Lipinski definition) is 5. The maximum absolute atomic E-state index is 6.10. The second-order valence-corrected chi connectivity index (χ2v) is 5.73. The van der Waals surface area contributed by atoms with Crippen molar-refractivity contribution in [3.8, 4) is 11.1 Å². The molecule has 0 atom stereocenters. The summed E-state index contributed by atoms with van der Waals surface area (Å²) in [7, 11) is 0. The standard InChI is InChI=1S/C17H13ClN6/c1-10-6-11(13-8-21-22-9-13)2-3-14(10)23-17-20-7-12-4-5-19-16(18)15(12)24-17/h2-9H,1H3,(H,21,22)(H,20,23,24). The van der Waals surface area contributed by atoms with Crippen LogP contribution in [0.25, 0.3) is 22.0 Å². The molecule has 1 aromatic carbocycles. The summed E-state index contributed by atoms with van der Waals surface area (Å²) >= 11 is 6.10. The highest BCUT2D eigenvalue weighted by atomic mass is 35.5. The number of nitrogens with one attached hydrogen (secondary N) is 2. The van der Waals surface area contributed by atoms with E-state index in [-0.39, 0.29) is 0 Å². The van der Waals surface area contributed by atoms with E-state index in [9.17, 15) is 0 Å². The lowest BCUT2D eigenvalue weighted by Crippen LogP contribution is -1.99. The highest BCUT2D eigenvalue weighted by Gasteiger charge is 2.07. The van der Waals surface area contributed by atoms with E-state index in [1.165, 1.54) is 0 Å². The zero-order chi connectivity index (χ0) is 16.5. The van der Waals surface area contributed by atoms with E-state index in [2.05, 4.69) is 36.5 Å².